The Bertz CT molecular complexity index is 490. The molecular weight excluding hydrogens is 264 g/mol. The highest BCUT2D eigenvalue weighted by Gasteiger charge is 2.42. The van der Waals surface area contributed by atoms with Crippen molar-refractivity contribution in [1.82, 2.24) is 0 Å². The lowest BCUT2D eigenvalue weighted by atomic mass is 9.66. The summed E-state index contributed by atoms with van der Waals surface area (Å²) in [6.45, 7) is 11.8. The zero-order chi connectivity index (χ0) is 15.9. The number of hydrogen-bond donors (Lipinski definition) is 0. The number of hydrogen-bond acceptors (Lipinski definition) is 0. The van der Waals surface area contributed by atoms with E-state index in [9.17, 15) is 0 Å². The van der Waals surface area contributed by atoms with E-state index in [0.717, 1.165) is 29.6 Å². The topological polar surface area (TPSA) is 0 Å². The summed E-state index contributed by atoms with van der Waals surface area (Å²) in [5.41, 5.74) is 3.35. The van der Waals surface area contributed by atoms with Crippen LogP contribution < -0.4 is 0 Å². The van der Waals surface area contributed by atoms with E-state index < -0.39 is 0 Å². The Balaban J connectivity index is 1.85. The van der Waals surface area contributed by atoms with Crippen molar-refractivity contribution >= 4 is 0 Å². The second-order valence-corrected chi connectivity index (χ2v) is 9.22. The third-order valence-electron chi connectivity index (χ3n) is 6.51. The van der Waals surface area contributed by atoms with Gasteiger partial charge in [0.1, 0.15) is 0 Å². The summed E-state index contributed by atoms with van der Waals surface area (Å²) >= 11 is 0. The Morgan fingerprint density at radius 1 is 0.955 bits per heavy atom. The van der Waals surface area contributed by atoms with E-state index >= 15 is 0 Å². The third kappa shape index (κ3) is 3.12. The molecule has 0 amide bonds. The van der Waals surface area contributed by atoms with E-state index in [2.05, 4.69) is 58.9 Å². The molecule has 0 heterocycles. The fraction of sp³-hybridized carbons (Fsp3) is 0.727. The van der Waals surface area contributed by atoms with Gasteiger partial charge in [-0.3, -0.25) is 0 Å². The standard InChI is InChI=1S/C22H34/c1-6-16-13-18-11-15(2)12-20(18)21(14-16)17-7-9-19(10-8-17)22(3,4)5/h7-10,15-16,18,20-21H,6,11-14H2,1-5H3. The van der Waals surface area contributed by atoms with Gasteiger partial charge in [0.05, 0.1) is 0 Å². The molecule has 122 valence electrons. The van der Waals surface area contributed by atoms with E-state index in [4.69, 9.17) is 0 Å². The zero-order valence-corrected chi connectivity index (χ0v) is 15.2. The second-order valence-electron chi connectivity index (χ2n) is 9.22. The van der Waals surface area contributed by atoms with Gasteiger partial charge in [0.2, 0.25) is 0 Å². The average Bonchev–Trinajstić information content (AvgIpc) is 2.85. The highest BCUT2D eigenvalue weighted by Crippen LogP contribution is 2.53. The Kier molecular flexibility index (Phi) is 4.40. The lowest BCUT2D eigenvalue weighted by Gasteiger charge is -2.39. The molecule has 2 saturated carbocycles. The quantitative estimate of drug-likeness (QED) is 0.580. The zero-order valence-electron chi connectivity index (χ0n) is 15.2. The van der Waals surface area contributed by atoms with Gasteiger partial charge in [-0.25, -0.2) is 0 Å². The van der Waals surface area contributed by atoms with Gasteiger partial charge in [-0.15, -0.1) is 0 Å². The van der Waals surface area contributed by atoms with Crippen LogP contribution in [0, 0.1) is 23.7 Å². The fourth-order valence-electron chi connectivity index (χ4n) is 5.21. The van der Waals surface area contributed by atoms with Crippen molar-refractivity contribution in [2.45, 2.75) is 78.1 Å². The van der Waals surface area contributed by atoms with Crippen molar-refractivity contribution in [1.29, 1.82) is 0 Å². The van der Waals surface area contributed by atoms with E-state index in [1.165, 1.54) is 37.7 Å². The van der Waals surface area contributed by atoms with Crippen LogP contribution >= 0.6 is 0 Å². The molecule has 1 aromatic rings. The summed E-state index contributed by atoms with van der Waals surface area (Å²) in [5, 5.41) is 0. The molecule has 22 heavy (non-hydrogen) atoms. The molecule has 5 atom stereocenters. The van der Waals surface area contributed by atoms with Gasteiger partial charge in [-0.2, -0.15) is 0 Å². The largest absolute Gasteiger partial charge is 0.0651 e. The maximum Gasteiger partial charge on any atom is -0.0128 e. The highest BCUT2D eigenvalue weighted by atomic mass is 14.5. The van der Waals surface area contributed by atoms with Crippen molar-refractivity contribution in [3.63, 3.8) is 0 Å². The van der Waals surface area contributed by atoms with Crippen LogP contribution in [0.25, 0.3) is 0 Å². The molecule has 0 radical (unpaired) electrons. The van der Waals surface area contributed by atoms with E-state index in [-0.39, 0.29) is 5.41 Å². The Labute approximate surface area is 137 Å². The minimum absolute atomic E-state index is 0.265. The molecule has 0 N–H and O–H groups in total. The van der Waals surface area contributed by atoms with Crippen LogP contribution in [-0.4, -0.2) is 0 Å². The van der Waals surface area contributed by atoms with Crippen LogP contribution in [0.15, 0.2) is 24.3 Å². The van der Waals surface area contributed by atoms with Gasteiger partial charge < -0.3 is 0 Å². The molecule has 2 fully saturated rings. The maximum atomic E-state index is 2.47. The summed E-state index contributed by atoms with van der Waals surface area (Å²) in [5.74, 6) is 4.68. The molecule has 5 unspecified atom stereocenters. The summed E-state index contributed by atoms with van der Waals surface area (Å²) in [6, 6.07) is 9.67. The van der Waals surface area contributed by atoms with Gasteiger partial charge in [-0.05, 0) is 71.8 Å². The molecule has 2 aliphatic carbocycles. The molecule has 0 saturated heterocycles. The van der Waals surface area contributed by atoms with Crippen molar-refractivity contribution in [3.05, 3.63) is 35.4 Å². The predicted molar refractivity (Wildman–Crippen MR) is 96.3 cm³/mol. The van der Waals surface area contributed by atoms with Crippen LogP contribution in [0.3, 0.4) is 0 Å². The van der Waals surface area contributed by atoms with Crippen LogP contribution in [0.4, 0.5) is 0 Å². The normalized spacial score (nSPS) is 35.4. The molecule has 0 aromatic heterocycles. The average molecular weight is 299 g/mol. The van der Waals surface area contributed by atoms with Gasteiger partial charge in [0, 0.05) is 0 Å². The minimum atomic E-state index is 0.265. The summed E-state index contributed by atoms with van der Waals surface area (Å²) in [6.07, 6.45) is 7.25. The van der Waals surface area contributed by atoms with Gasteiger partial charge in [-0.1, -0.05) is 65.3 Å². The predicted octanol–water partition coefficient (Wildman–Crippen LogP) is 6.55. The van der Waals surface area contributed by atoms with Crippen molar-refractivity contribution < 1.29 is 0 Å². The molecule has 0 spiro atoms. The van der Waals surface area contributed by atoms with Gasteiger partial charge in [0.15, 0.2) is 0 Å². The molecule has 1 aromatic carbocycles. The van der Waals surface area contributed by atoms with Gasteiger partial charge >= 0.3 is 0 Å². The SMILES string of the molecule is CCC1CC2CC(C)CC2C(c2ccc(C(C)(C)C)cc2)C1. The van der Waals surface area contributed by atoms with Crippen molar-refractivity contribution in [3.8, 4) is 0 Å². The number of rotatable bonds is 2. The second kappa shape index (κ2) is 6.02. The maximum absolute atomic E-state index is 2.47. The first kappa shape index (κ1) is 16.1. The van der Waals surface area contributed by atoms with Crippen LogP contribution in [0.1, 0.15) is 83.8 Å². The Morgan fingerprint density at radius 3 is 2.23 bits per heavy atom. The van der Waals surface area contributed by atoms with E-state index in [0.29, 0.717) is 0 Å². The van der Waals surface area contributed by atoms with Crippen LogP contribution in [0.2, 0.25) is 0 Å². The fourth-order valence-corrected chi connectivity index (χ4v) is 5.21. The first-order chi connectivity index (χ1) is 10.4. The molecule has 2 aliphatic rings. The van der Waals surface area contributed by atoms with Crippen molar-refractivity contribution in [2.75, 3.05) is 0 Å². The molecule has 0 nitrogen and oxygen atoms in total. The minimum Gasteiger partial charge on any atom is -0.0651 e. The summed E-state index contributed by atoms with van der Waals surface area (Å²) in [4.78, 5) is 0. The number of fused-ring (bicyclic) bond motifs is 1. The first-order valence-corrected chi connectivity index (χ1v) is 9.49. The van der Waals surface area contributed by atoms with Gasteiger partial charge in [0.25, 0.3) is 0 Å². The van der Waals surface area contributed by atoms with Crippen molar-refractivity contribution in [2.24, 2.45) is 23.7 Å². The smallest absolute Gasteiger partial charge is 0.0128 e. The molecular formula is C22H34. The number of benzene rings is 1. The lowest BCUT2D eigenvalue weighted by Crippen LogP contribution is -2.28. The molecule has 0 bridgehead atoms. The van der Waals surface area contributed by atoms with E-state index in [1.807, 2.05) is 0 Å². The Morgan fingerprint density at radius 2 is 1.64 bits per heavy atom. The highest BCUT2D eigenvalue weighted by molar-refractivity contribution is 5.30. The molecule has 0 heteroatoms. The molecule has 0 aliphatic heterocycles. The lowest BCUT2D eigenvalue weighted by molar-refractivity contribution is 0.173. The van der Waals surface area contributed by atoms with E-state index in [1.54, 1.807) is 5.56 Å². The first-order valence-electron chi connectivity index (χ1n) is 9.49. The van der Waals surface area contributed by atoms with Crippen LogP contribution in [0.5, 0.6) is 0 Å². The molecule has 3 rings (SSSR count). The third-order valence-corrected chi connectivity index (χ3v) is 6.51. The Hall–Kier alpha value is -0.780. The summed E-state index contributed by atoms with van der Waals surface area (Å²) in [7, 11) is 0. The van der Waals surface area contributed by atoms with Crippen LogP contribution in [-0.2, 0) is 5.41 Å². The summed E-state index contributed by atoms with van der Waals surface area (Å²) < 4.78 is 0. The monoisotopic (exact) mass is 298 g/mol.